The zero-order chi connectivity index (χ0) is 17.6. The van der Waals surface area contributed by atoms with Crippen molar-refractivity contribution in [1.29, 1.82) is 0 Å². The Kier molecular flexibility index (Phi) is 3.84. The molecule has 2 aromatic carbocycles. The maximum atomic E-state index is 13.0. The predicted molar refractivity (Wildman–Crippen MR) is 104 cm³/mol. The molecule has 0 atom stereocenters. The third-order valence-electron chi connectivity index (χ3n) is 4.45. The third kappa shape index (κ3) is 2.82. The molecule has 0 spiro atoms. The number of carbonyl (C=O) groups is 1. The number of carbonyl (C=O) groups excluding carboxylic acids is 1. The maximum absolute atomic E-state index is 13.0. The van der Waals surface area contributed by atoms with Crippen LogP contribution in [0.3, 0.4) is 0 Å². The highest BCUT2D eigenvalue weighted by atomic mass is 32.2. The fourth-order valence-electron chi connectivity index (χ4n) is 3.23. The SMILES string of the molecule is CC(C)(C)n1nc2c(c1NC(=O)c1cccc3ccccc13)CSC2. The second-order valence-electron chi connectivity index (χ2n) is 7.33. The van der Waals surface area contributed by atoms with E-state index in [1.54, 1.807) is 0 Å². The fraction of sp³-hybridized carbons (Fsp3) is 0.300. The lowest BCUT2D eigenvalue weighted by Gasteiger charge is -2.23. The number of hydrogen-bond donors (Lipinski definition) is 1. The van der Waals surface area contributed by atoms with E-state index in [0.717, 1.165) is 39.4 Å². The van der Waals surface area contributed by atoms with Gasteiger partial charge in [0, 0.05) is 22.6 Å². The molecule has 0 radical (unpaired) electrons. The average Bonchev–Trinajstić information content (AvgIpc) is 3.16. The number of amides is 1. The van der Waals surface area contributed by atoms with Gasteiger partial charge in [-0.2, -0.15) is 16.9 Å². The largest absolute Gasteiger partial charge is 0.306 e. The second kappa shape index (κ2) is 5.92. The van der Waals surface area contributed by atoms with E-state index in [2.05, 4.69) is 26.1 Å². The van der Waals surface area contributed by atoms with Crippen LogP contribution in [0.25, 0.3) is 10.8 Å². The zero-order valence-corrected chi connectivity index (χ0v) is 15.5. The van der Waals surface area contributed by atoms with Gasteiger partial charge < -0.3 is 5.32 Å². The van der Waals surface area contributed by atoms with Crippen molar-refractivity contribution in [2.24, 2.45) is 0 Å². The highest BCUT2D eigenvalue weighted by Gasteiger charge is 2.29. The predicted octanol–water partition coefficient (Wildman–Crippen LogP) is 4.79. The van der Waals surface area contributed by atoms with Crippen LogP contribution in [0, 0.1) is 0 Å². The zero-order valence-electron chi connectivity index (χ0n) is 14.7. The first-order valence-corrected chi connectivity index (χ1v) is 9.59. The lowest BCUT2D eigenvalue weighted by atomic mass is 10.0. The number of nitrogens with one attached hydrogen (secondary N) is 1. The second-order valence-corrected chi connectivity index (χ2v) is 8.32. The Bertz CT molecular complexity index is 963. The molecule has 128 valence electrons. The van der Waals surface area contributed by atoms with E-state index >= 15 is 0 Å². The molecule has 0 saturated carbocycles. The van der Waals surface area contributed by atoms with Gasteiger partial charge in [0.2, 0.25) is 0 Å². The Labute approximate surface area is 151 Å². The van der Waals surface area contributed by atoms with Crippen molar-refractivity contribution in [3.63, 3.8) is 0 Å². The summed E-state index contributed by atoms with van der Waals surface area (Å²) in [6.07, 6.45) is 0. The van der Waals surface area contributed by atoms with Crippen LogP contribution in [0.15, 0.2) is 42.5 Å². The van der Waals surface area contributed by atoms with Gasteiger partial charge in [0.05, 0.1) is 11.2 Å². The van der Waals surface area contributed by atoms with Crippen molar-refractivity contribution in [1.82, 2.24) is 9.78 Å². The number of anilines is 1. The van der Waals surface area contributed by atoms with Crippen LogP contribution in [-0.2, 0) is 17.0 Å². The van der Waals surface area contributed by atoms with E-state index in [4.69, 9.17) is 5.10 Å². The summed E-state index contributed by atoms with van der Waals surface area (Å²) in [6, 6.07) is 13.8. The lowest BCUT2D eigenvalue weighted by molar-refractivity contribution is 0.102. The molecule has 1 aromatic heterocycles. The minimum Gasteiger partial charge on any atom is -0.306 e. The van der Waals surface area contributed by atoms with Gasteiger partial charge in [-0.1, -0.05) is 36.4 Å². The molecule has 1 N–H and O–H groups in total. The Hall–Kier alpha value is -2.27. The summed E-state index contributed by atoms with van der Waals surface area (Å²) >= 11 is 1.84. The van der Waals surface area contributed by atoms with Crippen LogP contribution in [0.4, 0.5) is 5.82 Å². The number of fused-ring (bicyclic) bond motifs is 2. The van der Waals surface area contributed by atoms with E-state index in [0.29, 0.717) is 5.56 Å². The first-order valence-electron chi connectivity index (χ1n) is 8.43. The molecule has 1 aliphatic rings. The Morgan fingerprint density at radius 3 is 2.68 bits per heavy atom. The molecule has 1 amide bonds. The van der Waals surface area contributed by atoms with Gasteiger partial charge in [0.15, 0.2) is 0 Å². The van der Waals surface area contributed by atoms with Crippen LogP contribution < -0.4 is 5.32 Å². The van der Waals surface area contributed by atoms with Gasteiger partial charge in [0.25, 0.3) is 5.91 Å². The molecule has 4 nitrogen and oxygen atoms in total. The van der Waals surface area contributed by atoms with Crippen LogP contribution in [0.1, 0.15) is 42.4 Å². The van der Waals surface area contributed by atoms with Gasteiger partial charge in [-0.25, -0.2) is 4.68 Å². The van der Waals surface area contributed by atoms with E-state index in [9.17, 15) is 4.79 Å². The van der Waals surface area contributed by atoms with E-state index in [-0.39, 0.29) is 11.4 Å². The first-order chi connectivity index (χ1) is 11.9. The number of thioether (sulfide) groups is 1. The fourth-order valence-corrected chi connectivity index (χ4v) is 4.26. The highest BCUT2D eigenvalue weighted by Crippen LogP contribution is 2.37. The topological polar surface area (TPSA) is 46.9 Å². The molecule has 2 heterocycles. The molecular weight excluding hydrogens is 330 g/mol. The van der Waals surface area contributed by atoms with E-state index < -0.39 is 0 Å². The van der Waals surface area contributed by atoms with Crippen LogP contribution in [0.2, 0.25) is 0 Å². The number of hydrogen-bond acceptors (Lipinski definition) is 3. The molecule has 3 aromatic rings. The lowest BCUT2D eigenvalue weighted by Crippen LogP contribution is -2.27. The molecule has 1 aliphatic heterocycles. The number of aromatic nitrogens is 2. The smallest absolute Gasteiger partial charge is 0.257 e. The summed E-state index contributed by atoms with van der Waals surface area (Å²) < 4.78 is 1.96. The summed E-state index contributed by atoms with van der Waals surface area (Å²) in [5.41, 5.74) is 2.76. The van der Waals surface area contributed by atoms with Crippen molar-refractivity contribution in [2.45, 2.75) is 37.8 Å². The molecule has 0 fully saturated rings. The van der Waals surface area contributed by atoms with Gasteiger partial charge in [-0.05, 0) is 37.6 Å². The number of rotatable bonds is 2. The molecular formula is C20H21N3OS. The molecule has 0 aliphatic carbocycles. The Morgan fingerprint density at radius 1 is 1.12 bits per heavy atom. The van der Waals surface area contributed by atoms with Gasteiger partial charge in [-0.15, -0.1) is 0 Å². The monoisotopic (exact) mass is 351 g/mol. The molecule has 4 rings (SSSR count). The Balaban J connectivity index is 1.77. The van der Waals surface area contributed by atoms with Crippen molar-refractivity contribution >= 4 is 34.3 Å². The van der Waals surface area contributed by atoms with Crippen LogP contribution in [-0.4, -0.2) is 15.7 Å². The van der Waals surface area contributed by atoms with E-state index in [1.807, 2.05) is 58.9 Å². The standard InChI is InChI=1S/C20H21N3OS/c1-20(2,3)23-18(16-11-25-12-17(16)22-23)21-19(24)15-10-6-8-13-7-4-5-9-14(13)15/h4-10H,11-12H2,1-3H3,(H,21,24). The summed E-state index contributed by atoms with van der Waals surface area (Å²) in [5.74, 6) is 2.57. The summed E-state index contributed by atoms with van der Waals surface area (Å²) in [6.45, 7) is 6.32. The number of nitrogens with zero attached hydrogens (tertiary/aromatic N) is 2. The molecule has 0 unspecified atom stereocenters. The summed E-state index contributed by atoms with van der Waals surface area (Å²) in [7, 11) is 0. The van der Waals surface area contributed by atoms with E-state index in [1.165, 1.54) is 0 Å². The van der Waals surface area contributed by atoms with Crippen molar-refractivity contribution in [3.05, 3.63) is 59.3 Å². The summed E-state index contributed by atoms with van der Waals surface area (Å²) in [4.78, 5) is 13.0. The van der Waals surface area contributed by atoms with Gasteiger partial charge >= 0.3 is 0 Å². The highest BCUT2D eigenvalue weighted by molar-refractivity contribution is 7.98. The minimum absolute atomic E-state index is 0.0816. The first kappa shape index (κ1) is 16.2. The average molecular weight is 351 g/mol. The van der Waals surface area contributed by atoms with Crippen LogP contribution in [0.5, 0.6) is 0 Å². The van der Waals surface area contributed by atoms with Crippen molar-refractivity contribution in [3.8, 4) is 0 Å². The van der Waals surface area contributed by atoms with Gasteiger partial charge in [0.1, 0.15) is 5.82 Å². The van der Waals surface area contributed by atoms with Crippen molar-refractivity contribution < 1.29 is 4.79 Å². The summed E-state index contributed by atoms with van der Waals surface area (Å²) in [5, 5.41) is 9.94. The molecule has 0 bridgehead atoms. The minimum atomic E-state index is -0.184. The van der Waals surface area contributed by atoms with Crippen molar-refractivity contribution in [2.75, 3.05) is 5.32 Å². The third-order valence-corrected chi connectivity index (χ3v) is 5.42. The molecule has 25 heavy (non-hydrogen) atoms. The Morgan fingerprint density at radius 2 is 1.88 bits per heavy atom. The maximum Gasteiger partial charge on any atom is 0.257 e. The number of benzene rings is 2. The van der Waals surface area contributed by atoms with Gasteiger partial charge in [-0.3, -0.25) is 4.79 Å². The van der Waals surface area contributed by atoms with Crippen LogP contribution >= 0.6 is 11.8 Å². The normalized spacial score (nSPS) is 13.9. The molecule has 5 heteroatoms. The molecule has 0 saturated heterocycles. The quantitative estimate of drug-likeness (QED) is 0.722.